The minimum absolute atomic E-state index is 0.0324. The molecule has 0 fully saturated rings. The van der Waals surface area contributed by atoms with Crippen molar-refractivity contribution in [2.45, 2.75) is 17.7 Å². The summed E-state index contributed by atoms with van der Waals surface area (Å²) in [5.74, 6) is 0.129. The topological polar surface area (TPSA) is 63.7 Å². The van der Waals surface area contributed by atoms with Crippen LogP contribution in [0.15, 0.2) is 48.5 Å². The Morgan fingerprint density at radius 2 is 1.62 bits per heavy atom. The maximum atomic E-state index is 12.4. The molecule has 1 atom stereocenters. The van der Waals surface area contributed by atoms with Crippen LogP contribution in [-0.2, 0) is 0 Å². The summed E-state index contributed by atoms with van der Waals surface area (Å²) >= 11 is 3.41. The smallest absolute Gasteiger partial charge is 0.261 e. The molecule has 2 aromatic rings. The van der Waals surface area contributed by atoms with Crippen LogP contribution in [0.1, 0.15) is 43.9 Å². The third kappa shape index (κ3) is 3.55. The number of Topliss-reactive ketones (excluding diaryl/α,β-unsaturated/α-hetero) is 1. The van der Waals surface area contributed by atoms with E-state index in [-0.39, 0.29) is 22.4 Å². The first-order valence-electron chi connectivity index (χ1n) is 8.30. The van der Waals surface area contributed by atoms with Crippen LogP contribution in [0.4, 0.5) is 0 Å². The van der Waals surface area contributed by atoms with Gasteiger partial charge in [0.2, 0.25) is 0 Å². The number of halogens is 1. The second kappa shape index (κ2) is 7.83. The van der Waals surface area contributed by atoms with Crippen molar-refractivity contribution >= 4 is 33.5 Å². The van der Waals surface area contributed by atoms with Gasteiger partial charge in [0.05, 0.1) is 23.1 Å². The van der Waals surface area contributed by atoms with Gasteiger partial charge in [0.15, 0.2) is 5.78 Å². The third-order valence-corrected chi connectivity index (χ3v) is 5.25. The predicted octanol–water partition coefficient (Wildman–Crippen LogP) is 3.72. The number of imide groups is 1. The van der Waals surface area contributed by atoms with E-state index in [1.54, 1.807) is 55.6 Å². The van der Waals surface area contributed by atoms with Crippen LogP contribution in [0.5, 0.6) is 5.75 Å². The number of ketones is 1. The molecule has 0 saturated carbocycles. The molecule has 6 heteroatoms. The Hall–Kier alpha value is -2.47. The first-order chi connectivity index (χ1) is 12.5. The largest absolute Gasteiger partial charge is 0.497 e. The molecular weight excluding hydrogens is 398 g/mol. The summed E-state index contributed by atoms with van der Waals surface area (Å²) in [4.78, 5) is 38.0. The molecule has 0 aromatic heterocycles. The quantitative estimate of drug-likeness (QED) is 0.392. The number of amides is 2. The molecule has 1 unspecified atom stereocenters. The Labute approximate surface area is 160 Å². The second-order valence-corrected chi connectivity index (χ2v) is 7.12. The molecule has 2 aromatic carbocycles. The van der Waals surface area contributed by atoms with Crippen LogP contribution < -0.4 is 4.74 Å². The molecule has 2 amide bonds. The number of carbonyl (C=O) groups excluding carboxylic acids is 3. The van der Waals surface area contributed by atoms with Gasteiger partial charge in [0.1, 0.15) is 5.75 Å². The lowest BCUT2D eigenvalue weighted by atomic mass is 10.1. The van der Waals surface area contributed by atoms with Crippen molar-refractivity contribution in [3.8, 4) is 5.75 Å². The lowest BCUT2D eigenvalue weighted by Gasteiger charge is -2.15. The van der Waals surface area contributed by atoms with Gasteiger partial charge in [0.25, 0.3) is 11.8 Å². The van der Waals surface area contributed by atoms with E-state index in [0.717, 1.165) is 0 Å². The first-order valence-corrected chi connectivity index (χ1v) is 9.22. The molecule has 1 aliphatic rings. The minimum Gasteiger partial charge on any atom is -0.497 e. The van der Waals surface area contributed by atoms with Crippen molar-refractivity contribution in [2.24, 2.45) is 0 Å². The number of nitrogens with zero attached hydrogens (tertiary/aromatic N) is 1. The van der Waals surface area contributed by atoms with E-state index in [1.165, 1.54) is 4.90 Å². The maximum Gasteiger partial charge on any atom is 0.261 e. The number of ether oxygens (including phenoxy) is 1. The number of methoxy groups -OCH3 is 1. The summed E-state index contributed by atoms with van der Waals surface area (Å²) in [6, 6.07) is 13.7. The number of hydrogen-bond acceptors (Lipinski definition) is 4. The standard InChI is InChI=1S/C20H18BrNO4/c1-26-14-10-8-13(9-11-14)18(23)17(21)7-4-12-22-19(24)15-5-2-3-6-16(15)20(22)25/h2-3,5-6,8-11,17H,4,7,12H2,1H3. The van der Waals surface area contributed by atoms with Gasteiger partial charge in [-0.05, 0) is 49.2 Å². The molecule has 134 valence electrons. The molecule has 5 nitrogen and oxygen atoms in total. The summed E-state index contributed by atoms with van der Waals surface area (Å²) in [6.45, 7) is 0.296. The Bertz CT molecular complexity index is 812. The molecular formula is C20H18BrNO4. The number of hydrogen-bond donors (Lipinski definition) is 0. The summed E-state index contributed by atoms with van der Waals surface area (Å²) in [5, 5.41) is 0. The molecule has 1 aliphatic heterocycles. The highest BCUT2D eigenvalue weighted by Gasteiger charge is 2.34. The van der Waals surface area contributed by atoms with Gasteiger partial charge in [-0.15, -0.1) is 0 Å². The van der Waals surface area contributed by atoms with Crippen LogP contribution in [0.25, 0.3) is 0 Å². The van der Waals surface area contributed by atoms with Gasteiger partial charge >= 0.3 is 0 Å². The van der Waals surface area contributed by atoms with Crippen molar-refractivity contribution in [1.82, 2.24) is 4.90 Å². The van der Waals surface area contributed by atoms with Crippen molar-refractivity contribution in [3.63, 3.8) is 0 Å². The second-order valence-electron chi connectivity index (χ2n) is 6.01. The third-order valence-electron chi connectivity index (χ3n) is 4.38. The van der Waals surface area contributed by atoms with Gasteiger partial charge in [-0.25, -0.2) is 0 Å². The highest BCUT2D eigenvalue weighted by atomic mass is 79.9. The summed E-state index contributed by atoms with van der Waals surface area (Å²) in [5.41, 5.74) is 1.48. The number of fused-ring (bicyclic) bond motifs is 1. The summed E-state index contributed by atoms with van der Waals surface area (Å²) in [6.07, 6.45) is 1.07. The van der Waals surface area contributed by atoms with Crippen LogP contribution in [0, 0.1) is 0 Å². The average molecular weight is 416 g/mol. The zero-order chi connectivity index (χ0) is 18.7. The monoisotopic (exact) mass is 415 g/mol. The number of rotatable bonds is 7. The van der Waals surface area contributed by atoms with E-state index in [4.69, 9.17) is 4.74 Å². The fraction of sp³-hybridized carbons (Fsp3) is 0.250. The maximum absolute atomic E-state index is 12.4. The number of carbonyl (C=O) groups is 3. The molecule has 0 aliphatic carbocycles. The van der Waals surface area contributed by atoms with Crippen molar-refractivity contribution in [2.75, 3.05) is 13.7 Å². The fourth-order valence-electron chi connectivity index (χ4n) is 2.94. The Morgan fingerprint density at radius 3 is 2.15 bits per heavy atom. The van der Waals surface area contributed by atoms with E-state index >= 15 is 0 Å². The summed E-state index contributed by atoms with van der Waals surface area (Å²) < 4.78 is 5.09. The average Bonchev–Trinajstić information content (AvgIpc) is 2.92. The van der Waals surface area contributed by atoms with Crippen LogP contribution >= 0.6 is 15.9 Å². The first kappa shape index (κ1) is 18.3. The van der Waals surface area contributed by atoms with Gasteiger partial charge in [-0.3, -0.25) is 19.3 Å². The molecule has 0 saturated heterocycles. The molecule has 1 heterocycles. The SMILES string of the molecule is COc1ccc(C(=O)C(Br)CCCN2C(=O)c3ccccc3C2=O)cc1. The van der Waals surface area contributed by atoms with Crippen LogP contribution in [0.2, 0.25) is 0 Å². The highest BCUT2D eigenvalue weighted by molar-refractivity contribution is 9.10. The number of alkyl halides is 1. The number of benzene rings is 2. The Kier molecular flexibility index (Phi) is 5.52. The van der Waals surface area contributed by atoms with Gasteiger partial charge in [-0.1, -0.05) is 28.1 Å². The lowest BCUT2D eigenvalue weighted by Crippen LogP contribution is -2.31. The van der Waals surface area contributed by atoms with Crippen molar-refractivity contribution in [1.29, 1.82) is 0 Å². The van der Waals surface area contributed by atoms with Gasteiger partial charge in [0, 0.05) is 12.1 Å². The normalized spacial score (nSPS) is 14.3. The fourth-order valence-corrected chi connectivity index (χ4v) is 3.53. The highest BCUT2D eigenvalue weighted by Crippen LogP contribution is 2.24. The lowest BCUT2D eigenvalue weighted by molar-refractivity contribution is 0.0652. The van der Waals surface area contributed by atoms with Gasteiger partial charge in [-0.2, -0.15) is 0 Å². The van der Waals surface area contributed by atoms with Gasteiger partial charge < -0.3 is 4.74 Å². The molecule has 26 heavy (non-hydrogen) atoms. The van der Waals surface area contributed by atoms with E-state index in [1.807, 2.05) is 0 Å². The van der Waals surface area contributed by atoms with Crippen molar-refractivity contribution < 1.29 is 19.1 Å². The molecule has 0 bridgehead atoms. The Balaban J connectivity index is 1.55. The van der Waals surface area contributed by atoms with Crippen molar-refractivity contribution in [3.05, 3.63) is 65.2 Å². The summed E-state index contributed by atoms with van der Waals surface area (Å²) in [7, 11) is 1.57. The Morgan fingerprint density at radius 1 is 1.04 bits per heavy atom. The van der Waals surface area contributed by atoms with Crippen LogP contribution in [0.3, 0.4) is 0 Å². The van der Waals surface area contributed by atoms with Crippen LogP contribution in [-0.4, -0.2) is 41.0 Å². The molecule has 0 N–H and O–H groups in total. The molecule has 0 radical (unpaired) electrons. The zero-order valence-corrected chi connectivity index (χ0v) is 15.9. The van der Waals surface area contributed by atoms with E-state index in [9.17, 15) is 14.4 Å². The predicted molar refractivity (Wildman–Crippen MR) is 101 cm³/mol. The molecule has 3 rings (SSSR count). The van der Waals surface area contributed by atoms with E-state index in [0.29, 0.717) is 41.8 Å². The minimum atomic E-state index is -0.369. The van der Waals surface area contributed by atoms with E-state index < -0.39 is 0 Å². The zero-order valence-electron chi connectivity index (χ0n) is 14.3. The molecule has 0 spiro atoms. The van der Waals surface area contributed by atoms with E-state index in [2.05, 4.69) is 15.9 Å².